The molecule has 2 aromatic carbocycles. The molecule has 0 bridgehead atoms. The number of hydrogen-bond donors (Lipinski definition) is 0. The highest BCUT2D eigenvalue weighted by atomic mass is 35.5. The van der Waals surface area contributed by atoms with Crippen LogP contribution in [0.5, 0.6) is 0 Å². The summed E-state index contributed by atoms with van der Waals surface area (Å²) >= 11 is 11.4. The lowest BCUT2D eigenvalue weighted by atomic mass is 10.2. The predicted molar refractivity (Wildman–Crippen MR) is 74.1 cm³/mol. The number of fused-ring (bicyclic) bond motifs is 1. The minimum atomic E-state index is -0.588. The van der Waals surface area contributed by atoms with Crippen LogP contribution in [0.25, 0.3) is 16.7 Å². The van der Waals surface area contributed by atoms with Crippen molar-refractivity contribution in [1.82, 2.24) is 15.0 Å². The molecule has 0 aliphatic rings. The van der Waals surface area contributed by atoms with Gasteiger partial charge in [-0.1, -0.05) is 23.7 Å². The highest BCUT2D eigenvalue weighted by molar-refractivity contribution is 6.68. The summed E-state index contributed by atoms with van der Waals surface area (Å²) in [5, 5.41) is 8.34. The van der Waals surface area contributed by atoms with Gasteiger partial charge in [0.2, 0.25) is 0 Å². The topological polar surface area (TPSA) is 47.8 Å². The molecule has 94 valence electrons. The first kappa shape index (κ1) is 12.1. The van der Waals surface area contributed by atoms with E-state index in [1.165, 1.54) is 4.80 Å². The second-order valence-electron chi connectivity index (χ2n) is 3.92. The molecular formula is C13H7Cl2N3O. The number of hydrogen-bond acceptors (Lipinski definition) is 3. The monoisotopic (exact) mass is 291 g/mol. The zero-order valence-electron chi connectivity index (χ0n) is 9.55. The van der Waals surface area contributed by atoms with E-state index in [-0.39, 0.29) is 10.6 Å². The first-order valence-corrected chi connectivity index (χ1v) is 6.22. The van der Waals surface area contributed by atoms with Gasteiger partial charge in [0.05, 0.1) is 16.3 Å². The summed E-state index contributed by atoms with van der Waals surface area (Å²) in [5.41, 5.74) is 2.51. The average Bonchev–Trinajstić information content (AvgIpc) is 2.81. The minimum Gasteiger partial charge on any atom is -0.276 e. The summed E-state index contributed by atoms with van der Waals surface area (Å²) in [6.45, 7) is 0. The zero-order chi connectivity index (χ0) is 13.4. The fraction of sp³-hybridized carbons (Fsp3) is 0. The summed E-state index contributed by atoms with van der Waals surface area (Å²) in [4.78, 5) is 12.6. The van der Waals surface area contributed by atoms with Crippen molar-refractivity contribution in [3.63, 3.8) is 0 Å². The number of rotatable bonds is 2. The number of aromatic nitrogens is 3. The third-order valence-electron chi connectivity index (χ3n) is 2.68. The van der Waals surface area contributed by atoms with E-state index in [0.717, 1.165) is 11.0 Å². The molecule has 0 N–H and O–H groups in total. The molecule has 3 aromatic rings. The molecule has 4 nitrogen and oxygen atoms in total. The second kappa shape index (κ2) is 4.64. The van der Waals surface area contributed by atoms with E-state index in [1.54, 1.807) is 18.2 Å². The highest BCUT2D eigenvalue weighted by Crippen LogP contribution is 2.22. The number of carbonyl (C=O) groups excluding carboxylic acids is 1. The van der Waals surface area contributed by atoms with Gasteiger partial charge in [-0.3, -0.25) is 4.79 Å². The number of halogens is 2. The van der Waals surface area contributed by atoms with Crippen LogP contribution >= 0.6 is 23.2 Å². The van der Waals surface area contributed by atoms with Crippen molar-refractivity contribution in [3.8, 4) is 5.69 Å². The van der Waals surface area contributed by atoms with Crippen molar-refractivity contribution in [1.29, 1.82) is 0 Å². The molecule has 0 saturated carbocycles. The van der Waals surface area contributed by atoms with Gasteiger partial charge in [-0.05, 0) is 41.9 Å². The number of carbonyl (C=O) groups is 1. The lowest BCUT2D eigenvalue weighted by Crippen LogP contribution is -2.00. The van der Waals surface area contributed by atoms with Crippen LogP contribution < -0.4 is 0 Å². The van der Waals surface area contributed by atoms with Crippen LogP contribution in [0, 0.1) is 0 Å². The maximum Gasteiger partial charge on any atom is 0.253 e. The molecule has 0 amide bonds. The standard InChI is InChI=1S/C13H7Cl2N3O/c14-10-7-8(5-6-9(10)13(15)19)18-16-11-3-1-2-4-12(11)17-18/h1-7H. The summed E-state index contributed by atoms with van der Waals surface area (Å²) in [6, 6.07) is 12.4. The molecule has 0 aliphatic carbocycles. The Morgan fingerprint density at radius 3 is 2.21 bits per heavy atom. The molecule has 0 spiro atoms. The Labute approximate surface area is 118 Å². The molecule has 3 rings (SSSR count). The molecule has 0 aliphatic heterocycles. The van der Waals surface area contributed by atoms with Gasteiger partial charge >= 0.3 is 0 Å². The molecule has 1 heterocycles. The normalized spacial score (nSPS) is 10.8. The maximum atomic E-state index is 11.1. The molecule has 0 atom stereocenters. The zero-order valence-corrected chi connectivity index (χ0v) is 11.1. The van der Waals surface area contributed by atoms with E-state index in [0.29, 0.717) is 5.69 Å². The van der Waals surface area contributed by atoms with Crippen LogP contribution in [0.3, 0.4) is 0 Å². The third kappa shape index (κ3) is 2.20. The lowest BCUT2D eigenvalue weighted by molar-refractivity contribution is 0.108. The maximum absolute atomic E-state index is 11.1. The van der Waals surface area contributed by atoms with Crippen LogP contribution in [0.4, 0.5) is 0 Å². The first-order chi connectivity index (χ1) is 9.15. The van der Waals surface area contributed by atoms with Crippen LogP contribution in [-0.4, -0.2) is 20.2 Å². The summed E-state index contributed by atoms with van der Waals surface area (Å²) in [6.07, 6.45) is 0. The van der Waals surface area contributed by atoms with Crippen molar-refractivity contribution in [2.24, 2.45) is 0 Å². The van der Waals surface area contributed by atoms with E-state index in [9.17, 15) is 4.79 Å². The Bertz CT molecular complexity index is 749. The Hall–Kier alpha value is -1.91. The molecule has 0 radical (unpaired) electrons. The van der Waals surface area contributed by atoms with E-state index in [4.69, 9.17) is 23.2 Å². The smallest absolute Gasteiger partial charge is 0.253 e. The van der Waals surface area contributed by atoms with Crippen molar-refractivity contribution in [2.75, 3.05) is 0 Å². The van der Waals surface area contributed by atoms with Crippen LogP contribution in [0.1, 0.15) is 10.4 Å². The summed E-state index contributed by atoms with van der Waals surface area (Å²) < 4.78 is 0. The Morgan fingerprint density at radius 1 is 1.05 bits per heavy atom. The van der Waals surface area contributed by atoms with E-state index >= 15 is 0 Å². The number of nitrogens with zero attached hydrogens (tertiary/aromatic N) is 3. The predicted octanol–water partition coefficient (Wildman–Crippen LogP) is 3.45. The first-order valence-electron chi connectivity index (χ1n) is 5.47. The van der Waals surface area contributed by atoms with Gasteiger partial charge in [-0.2, -0.15) is 4.80 Å². The van der Waals surface area contributed by atoms with Crippen LogP contribution in [0.15, 0.2) is 42.5 Å². The summed E-state index contributed by atoms with van der Waals surface area (Å²) in [5.74, 6) is 0. The van der Waals surface area contributed by atoms with Crippen molar-refractivity contribution in [3.05, 3.63) is 53.1 Å². The van der Waals surface area contributed by atoms with Gasteiger partial charge < -0.3 is 0 Å². The minimum absolute atomic E-state index is 0.267. The van der Waals surface area contributed by atoms with E-state index in [1.807, 2.05) is 24.3 Å². The van der Waals surface area contributed by atoms with Gasteiger partial charge in [0.15, 0.2) is 0 Å². The van der Waals surface area contributed by atoms with Crippen LogP contribution in [-0.2, 0) is 0 Å². The molecule has 0 unspecified atom stereocenters. The SMILES string of the molecule is O=C(Cl)c1ccc(-n2nc3ccccc3n2)cc1Cl. The van der Waals surface area contributed by atoms with E-state index < -0.39 is 5.24 Å². The second-order valence-corrected chi connectivity index (χ2v) is 4.67. The van der Waals surface area contributed by atoms with Crippen molar-refractivity contribution < 1.29 is 4.79 Å². The fourth-order valence-electron chi connectivity index (χ4n) is 1.76. The Kier molecular flexibility index (Phi) is 2.97. The molecule has 1 aromatic heterocycles. The Morgan fingerprint density at radius 2 is 1.68 bits per heavy atom. The van der Waals surface area contributed by atoms with E-state index in [2.05, 4.69) is 10.2 Å². The average molecular weight is 292 g/mol. The van der Waals surface area contributed by atoms with Gasteiger partial charge in [0.1, 0.15) is 11.0 Å². The number of benzene rings is 2. The van der Waals surface area contributed by atoms with Gasteiger partial charge in [0.25, 0.3) is 5.24 Å². The summed E-state index contributed by atoms with van der Waals surface area (Å²) in [7, 11) is 0. The van der Waals surface area contributed by atoms with Gasteiger partial charge in [-0.15, -0.1) is 10.2 Å². The van der Waals surface area contributed by atoms with Gasteiger partial charge in [-0.25, -0.2) is 0 Å². The molecule has 19 heavy (non-hydrogen) atoms. The van der Waals surface area contributed by atoms with Crippen molar-refractivity contribution >= 4 is 39.5 Å². The highest BCUT2D eigenvalue weighted by Gasteiger charge is 2.10. The van der Waals surface area contributed by atoms with Gasteiger partial charge in [0, 0.05) is 0 Å². The fourth-order valence-corrected chi connectivity index (χ4v) is 2.24. The van der Waals surface area contributed by atoms with Crippen molar-refractivity contribution in [2.45, 2.75) is 0 Å². The largest absolute Gasteiger partial charge is 0.276 e. The molecule has 0 saturated heterocycles. The molecule has 0 fully saturated rings. The van der Waals surface area contributed by atoms with Crippen LogP contribution in [0.2, 0.25) is 5.02 Å². The molecular weight excluding hydrogens is 285 g/mol. The Balaban J connectivity index is 2.11. The third-order valence-corrected chi connectivity index (χ3v) is 3.20. The lowest BCUT2D eigenvalue weighted by Gasteiger charge is -2.02. The molecule has 6 heteroatoms. The quantitative estimate of drug-likeness (QED) is 0.680.